The van der Waals surface area contributed by atoms with E-state index in [1.807, 2.05) is 0 Å². The fourth-order valence-corrected chi connectivity index (χ4v) is 0.553. The van der Waals surface area contributed by atoms with E-state index in [0.717, 1.165) is 0 Å². The molecule has 0 radical (unpaired) electrons. The zero-order valence-corrected chi connectivity index (χ0v) is 4.39. The molecular formula is C4H8N2O2. The third kappa shape index (κ3) is 0.894. The summed E-state index contributed by atoms with van der Waals surface area (Å²) >= 11 is 0. The minimum atomic E-state index is -0.361. The highest BCUT2D eigenvalue weighted by molar-refractivity contribution is 5.69. The lowest BCUT2D eigenvalue weighted by Gasteiger charge is -1.98. The highest BCUT2D eigenvalue weighted by atomic mass is 16.6. The summed E-state index contributed by atoms with van der Waals surface area (Å²) in [7, 11) is 0. The quantitative estimate of drug-likeness (QED) is 0.464. The molecule has 4 heteroatoms. The molecule has 0 aliphatic carbocycles. The number of carbonyl (C=O) groups excluding carboxylic acids is 1. The van der Waals surface area contributed by atoms with E-state index < -0.39 is 0 Å². The van der Waals surface area contributed by atoms with Crippen molar-refractivity contribution in [2.75, 3.05) is 13.2 Å². The standard InChI is InChI=1S/C4H8N2O2/c5-1-3-2-8-4(7)6-3/h3H,1-2,5H2,(H,6,7). The van der Waals surface area contributed by atoms with Gasteiger partial charge in [0, 0.05) is 6.54 Å². The second-order valence-electron chi connectivity index (χ2n) is 1.68. The molecular weight excluding hydrogens is 108 g/mol. The van der Waals surface area contributed by atoms with E-state index in [4.69, 9.17) is 5.73 Å². The number of rotatable bonds is 1. The van der Waals surface area contributed by atoms with Crippen molar-refractivity contribution in [2.24, 2.45) is 5.73 Å². The number of hydrogen-bond acceptors (Lipinski definition) is 3. The van der Waals surface area contributed by atoms with Crippen LogP contribution in [0, 0.1) is 0 Å². The van der Waals surface area contributed by atoms with Crippen molar-refractivity contribution >= 4 is 6.09 Å². The van der Waals surface area contributed by atoms with Crippen molar-refractivity contribution in [3.05, 3.63) is 0 Å². The molecule has 0 bridgehead atoms. The van der Waals surface area contributed by atoms with Crippen molar-refractivity contribution in [3.63, 3.8) is 0 Å². The molecule has 0 saturated carbocycles. The third-order valence-electron chi connectivity index (χ3n) is 1.02. The zero-order chi connectivity index (χ0) is 5.98. The number of nitrogens with two attached hydrogens (primary N) is 1. The molecule has 4 nitrogen and oxygen atoms in total. The van der Waals surface area contributed by atoms with Crippen molar-refractivity contribution in [2.45, 2.75) is 6.04 Å². The van der Waals surface area contributed by atoms with E-state index in [1.54, 1.807) is 0 Å². The Labute approximate surface area is 47.0 Å². The molecule has 1 fully saturated rings. The zero-order valence-electron chi connectivity index (χ0n) is 4.39. The van der Waals surface area contributed by atoms with E-state index in [2.05, 4.69) is 10.1 Å². The first-order chi connectivity index (χ1) is 3.83. The van der Waals surface area contributed by atoms with Gasteiger partial charge < -0.3 is 15.8 Å². The molecule has 0 aromatic carbocycles. The maximum atomic E-state index is 10.2. The summed E-state index contributed by atoms with van der Waals surface area (Å²) in [6, 6.07) is 0.0301. The van der Waals surface area contributed by atoms with Gasteiger partial charge in [0.2, 0.25) is 0 Å². The van der Waals surface area contributed by atoms with Crippen LogP contribution in [0.2, 0.25) is 0 Å². The molecule has 0 spiro atoms. The normalized spacial score (nSPS) is 27.1. The second-order valence-corrected chi connectivity index (χ2v) is 1.68. The first-order valence-electron chi connectivity index (χ1n) is 2.46. The van der Waals surface area contributed by atoms with Crippen LogP contribution < -0.4 is 11.1 Å². The summed E-state index contributed by atoms with van der Waals surface area (Å²) in [4.78, 5) is 10.2. The van der Waals surface area contributed by atoms with Gasteiger partial charge >= 0.3 is 6.09 Å². The first-order valence-corrected chi connectivity index (χ1v) is 2.46. The summed E-state index contributed by atoms with van der Waals surface area (Å²) in [6.45, 7) is 0.862. The number of cyclic esters (lactones) is 1. The fraction of sp³-hybridized carbons (Fsp3) is 0.750. The SMILES string of the molecule is NCC1COC(=O)N1. The van der Waals surface area contributed by atoms with E-state index in [9.17, 15) is 4.79 Å². The predicted octanol–water partition coefficient (Wildman–Crippen LogP) is -0.947. The topological polar surface area (TPSA) is 64.3 Å². The predicted molar refractivity (Wildman–Crippen MR) is 27.3 cm³/mol. The van der Waals surface area contributed by atoms with E-state index >= 15 is 0 Å². The Morgan fingerprint density at radius 1 is 2.00 bits per heavy atom. The Bertz CT molecular complexity index is 104. The number of hydrogen-bond donors (Lipinski definition) is 2. The summed E-state index contributed by atoms with van der Waals surface area (Å²) < 4.78 is 4.53. The molecule has 1 aliphatic heterocycles. The van der Waals surface area contributed by atoms with Gasteiger partial charge in [-0.1, -0.05) is 0 Å². The van der Waals surface area contributed by atoms with Crippen LogP contribution in [0.25, 0.3) is 0 Å². The van der Waals surface area contributed by atoms with Gasteiger partial charge in [0.1, 0.15) is 6.61 Å². The molecule has 1 heterocycles. The van der Waals surface area contributed by atoms with Gasteiger partial charge in [0.05, 0.1) is 6.04 Å². The summed E-state index contributed by atoms with van der Waals surface area (Å²) in [5, 5.41) is 2.52. The van der Waals surface area contributed by atoms with Gasteiger partial charge in [-0.2, -0.15) is 0 Å². The summed E-state index contributed by atoms with van der Waals surface area (Å²) in [5.41, 5.74) is 5.20. The van der Waals surface area contributed by atoms with Gasteiger partial charge in [-0.15, -0.1) is 0 Å². The molecule has 8 heavy (non-hydrogen) atoms. The second kappa shape index (κ2) is 2.00. The smallest absolute Gasteiger partial charge is 0.407 e. The Morgan fingerprint density at radius 2 is 2.75 bits per heavy atom. The van der Waals surface area contributed by atoms with Crippen LogP contribution in [0.3, 0.4) is 0 Å². The molecule has 1 atom stereocenters. The number of carbonyl (C=O) groups is 1. The maximum absolute atomic E-state index is 10.2. The summed E-state index contributed by atoms with van der Waals surface area (Å²) in [6.07, 6.45) is -0.361. The molecule has 1 rings (SSSR count). The molecule has 1 unspecified atom stereocenters. The lowest BCUT2D eigenvalue weighted by atomic mass is 10.3. The monoisotopic (exact) mass is 116 g/mol. The van der Waals surface area contributed by atoms with Gasteiger partial charge in [-0.3, -0.25) is 0 Å². The first kappa shape index (κ1) is 5.37. The Morgan fingerprint density at radius 3 is 3.00 bits per heavy atom. The average molecular weight is 116 g/mol. The van der Waals surface area contributed by atoms with Crippen LogP contribution >= 0.6 is 0 Å². The summed E-state index contributed by atoms with van der Waals surface area (Å²) in [5.74, 6) is 0. The lowest BCUT2D eigenvalue weighted by Crippen LogP contribution is -2.33. The molecule has 1 saturated heterocycles. The van der Waals surface area contributed by atoms with Crippen LogP contribution in [0.1, 0.15) is 0 Å². The Balaban J connectivity index is 2.32. The maximum Gasteiger partial charge on any atom is 0.407 e. The molecule has 1 aliphatic rings. The molecule has 0 aromatic rings. The van der Waals surface area contributed by atoms with Gasteiger partial charge in [0.25, 0.3) is 0 Å². The van der Waals surface area contributed by atoms with Crippen LogP contribution in [0.4, 0.5) is 4.79 Å². The third-order valence-corrected chi connectivity index (χ3v) is 1.02. The highest BCUT2D eigenvalue weighted by Crippen LogP contribution is 1.93. The van der Waals surface area contributed by atoms with Crippen molar-refractivity contribution in [1.29, 1.82) is 0 Å². The highest BCUT2D eigenvalue weighted by Gasteiger charge is 2.19. The van der Waals surface area contributed by atoms with E-state index in [-0.39, 0.29) is 12.1 Å². The van der Waals surface area contributed by atoms with Crippen LogP contribution in [0.5, 0.6) is 0 Å². The van der Waals surface area contributed by atoms with Crippen LogP contribution in [-0.4, -0.2) is 25.3 Å². The number of ether oxygens (including phenoxy) is 1. The van der Waals surface area contributed by atoms with Crippen LogP contribution in [-0.2, 0) is 4.74 Å². The average Bonchev–Trinajstić information content (AvgIpc) is 2.14. The van der Waals surface area contributed by atoms with Gasteiger partial charge in [-0.25, -0.2) is 4.79 Å². The molecule has 46 valence electrons. The largest absolute Gasteiger partial charge is 0.447 e. The minimum Gasteiger partial charge on any atom is -0.447 e. The molecule has 0 aromatic heterocycles. The lowest BCUT2D eigenvalue weighted by molar-refractivity contribution is 0.177. The van der Waals surface area contributed by atoms with Crippen LogP contribution in [0.15, 0.2) is 0 Å². The molecule has 1 amide bonds. The van der Waals surface area contributed by atoms with E-state index in [0.29, 0.717) is 13.2 Å². The fourth-order valence-electron chi connectivity index (χ4n) is 0.553. The number of alkyl carbamates (subject to hydrolysis) is 1. The Kier molecular flexibility index (Phi) is 1.34. The number of amides is 1. The minimum absolute atomic E-state index is 0.0301. The van der Waals surface area contributed by atoms with Crippen molar-refractivity contribution in [3.8, 4) is 0 Å². The van der Waals surface area contributed by atoms with Gasteiger partial charge in [-0.05, 0) is 0 Å². The van der Waals surface area contributed by atoms with Crippen molar-refractivity contribution in [1.82, 2.24) is 5.32 Å². The van der Waals surface area contributed by atoms with Gasteiger partial charge in [0.15, 0.2) is 0 Å². The molecule has 3 N–H and O–H groups in total. The van der Waals surface area contributed by atoms with E-state index in [1.165, 1.54) is 0 Å². The number of nitrogens with one attached hydrogen (secondary N) is 1. The Hall–Kier alpha value is -0.770. The van der Waals surface area contributed by atoms with Crippen molar-refractivity contribution < 1.29 is 9.53 Å².